The summed E-state index contributed by atoms with van der Waals surface area (Å²) in [5, 5.41) is 8.36. The number of anilines is 3. The Morgan fingerprint density at radius 3 is 2.63 bits per heavy atom. The summed E-state index contributed by atoms with van der Waals surface area (Å²) in [4.78, 5) is 37.4. The Morgan fingerprint density at radius 2 is 1.91 bits per heavy atom. The van der Waals surface area contributed by atoms with Gasteiger partial charge in [-0.05, 0) is 64.4 Å². The minimum absolute atomic E-state index is 0.141. The Bertz CT molecular complexity index is 1470. The predicted molar refractivity (Wildman–Crippen MR) is 137 cm³/mol. The molecule has 180 valence electrons. The monoisotopic (exact) mass is 471 g/mol. The standard InChI is InChI=1S/C26H29N7O2/c1-15-7-8-18(29-24(34)20-11-16(2)33(30-20)26(3,4)5)12-21(15)32-14-17-13-28-23-19(9-10-27-23)22(17)31(6)25(32)35/h7-13H,14H2,1-6H3,(H,27,28)(H,29,34). The van der Waals surface area contributed by atoms with Gasteiger partial charge >= 0.3 is 6.03 Å². The van der Waals surface area contributed by atoms with E-state index in [-0.39, 0.29) is 17.5 Å². The van der Waals surface area contributed by atoms with Gasteiger partial charge in [-0.2, -0.15) is 5.10 Å². The van der Waals surface area contributed by atoms with E-state index in [1.165, 1.54) is 0 Å². The first kappa shape index (κ1) is 22.6. The number of nitrogens with zero attached hydrogens (tertiary/aromatic N) is 5. The summed E-state index contributed by atoms with van der Waals surface area (Å²) >= 11 is 0. The van der Waals surface area contributed by atoms with E-state index in [4.69, 9.17) is 0 Å². The highest BCUT2D eigenvalue weighted by Gasteiger charge is 2.32. The lowest BCUT2D eigenvalue weighted by atomic mass is 10.1. The molecule has 0 atom stereocenters. The normalized spacial score (nSPS) is 13.9. The lowest BCUT2D eigenvalue weighted by molar-refractivity contribution is 0.102. The van der Waals surface area contributed by atoms with Crippen molar-refractivity contribution < 1.29 is 9.59 Å². The van der Waals surface area contributed by atoms with Gasteiger partial charge in [-0.25, -0.2) is 9.78 Å². The van der Waals surface area contributed by atoms with Gasteiger partial charge in [0.05, 0.1) is 23.5 Å². The zero-order valence-electron chi connectivity index (χ0n) is 20.8. The maximum atomic E-state index is 13.4. The molecule has 0 unspecified atom stereocenters. The van der Waals surface area contributed by atoms with Gasteiger partial charge in [0.1, 0.15) is 5.65 Å². The molecule has 1 aliphatic rings. The summed E-state index contributed by atoms with van der Waals surface area (Å²) in [6.07, 6.45) is 3.63. The Labute approximate surface area is 203 Å². The van der Waals surface area contributed by atoms with Crippen molar-refractivity contribution in [2.75, 3.05) is 22.2 Å². The Morgan fingerprint density at radius 1 is 1.14 bits per heavy atom. The number of fused-ring (bicyclic) bond motifs is 3. The number of aromatic amines is 1. The molecule has 0 saturated heterocycles. The first-order valence-electron chi connectivity index (χ1n) is 11.5. The number of benzene rings is 1. The lowest BCUT2D eigenvalue weighted by Gasteiger charge is -2.36. The summed E-state index contributed by atoms with van der Waals surface area (Å²) in [7, 11) is 1.77. The second kappa shape index (κ2) is 7.97. The molecule has 0 bridgehead atoms. The van der Waals surface area contributed by atoms with Crippen molar-refractivity contribution in [1.82, 2.24) is 19.7 Å². The molecule has 0 radical (unpaired) electrons. The zero-order chi connectivity index (χ0) is 25.1. The van der Waals surface area contributed by atoms with Crippen LogP contribution in [0.2, 0.25) is 0 Å². The van der Waals surface area contributed by atoms with E-state index in [1.54, 1.807) is 29.1 Å². The third kappa shape index (κ3) is 3.82. The van der Waals surface area contributed by atoms with Crippen LogP contribution >= 0.6 is 0 Å². The molecule has 9 heteroatoms. The maximum absolute atomic E-state index is 13.4. The summed E-state index contributed by atoms with van der Waals surface area (Å²) < 4.78 is 1.84. The molecule has 1 aromatic carbocycles. The van der Waals surface area contributed by atoms with E-state index >= 15 is 0 Å². The number of carbonyl (C=O) groups is 2. The van der Waals surface area contributed by atoms with Crippen LogP contribution in [0.15, 0.2) is 42.7 Å². The van der Waals surface area contributed by atoms with Crippen LogP contribution in [0, 0.1) is 13.8 Å². The maximum Gasteiger partial charge on any atom is 0.329 e. The largest absolute Gasteiger partial charge is 0.346 e. The number of amides is 3. The lowest BCUT2D eigenvalue weighted by Crippen LogP contribution is -2.45. The van der Waals surface area contributed by atoms with Crippen LogP contribution < -0.4 is 15.1 Å². The summed E-state index contributed by atoms with van der Waals surface area (Å²) in [6.45, 7) is 10.4. The van der Waals surface area contributed by atoms with E-state index in [9.17, 15) is 9.59 Å². The highest BCUT2D eigenvalue weighted by Crippen LogP contribution is 2.37. The molecule has 0 aliphatic carbocycles. The molecular formula is C26H29N7O2. The van der Waals surface area contributed by atoms with E-state index in [1.807, 2.05) is 69.8 Å². The van der Waals surface area contributed by atoms with Crippen LogP contribution in [0.1, 0.15) is 48.1 Å². The van der Waals surface area contributed by atoms with Gasteiger partial charge in [0.15, 0.2) is 5.69 Å². The number of aryl methyl sites for hydroxylation is 2. The van der Waals surface area contributed by atoms with Crippen molar-refractivity contribution in [2.24, 2.45) is 0 Å². The number of rotatable bonds is 3. The van der Waals surface area contributed by atoms with Crippen LogP contribution in [0.3, 0.4) is 0 Å². The zero-order valence-corrected chi connectivity index (χ0v) is 20.8. The van der Waals surface area contributed by atoms with Crippen molar-refractivity contribution in [3.63, 3.8) is 0 Å². The van der Waals surface area contributed by atoms with Crippen LogP contribution in [0.25, 0.3) is 11.0 Å². The number of nitrogens with one attached hydrogen (secondary N) is 2. The molecule has 4 aromatic rings. The molecule has 4 heterocycles. The first-order chi connectivity index (χ1) is 16.5. The number of hydrogen-bond acceptors (Lipinski definition) is 4. The number of aromatic nitrogens is 4. The van der Waals surface area contributed by atoms with Crippen molar-refractivity contribution in [3.05, 3.63) is 65.2 Å². The topological polar surface area (TPSA) is 99.2 Å². The second-order valence-electron chi connectivity index (χ2n) is 10.0. The Balaban J connectivity index is 1.45. The first-order valence-corrected chi connectivity index (χ1v) is 11.5. The van der Waals surface area contributed by atoms with E-state index in [0.29, 0.717) is 17.9 Å². The molecule has 3 amide bonds. The van der Waals surface area contributed by atoms with Crippen LogP contribution in [0.5, 0.6) is 0 Å². The quantitative estimate of drug-likeness (QED) is 0.441. The van der Waals surface area contributed by atoms with Gasteiger partial charge < -0.3 is 10.3 Å². The average molecular weight is 472 g/mol. The van der Waals surface area contributed by atoms with Gasteiger partial charge in [0.2, 0.25) is 0 Å². The minimum atomic E-state index is -0.294. The van der Waals surface area contributed by atoms with Crippen molar-refractivity contribution in [3.8, 4) is 0 Å². The van der Waals surface area contributed by atoms with E-state index in [2.05, 4.69) is 20.4 Å². The fourth-order valence-electron chi connectivity index (χ4n) is 4.69. The fourth-order valence-corrected chi connectivity index (χ4v) is 4.69. The molecule has 0 saturated carbocycles. The minimum Gasteiger partial charge on any atom is -0.346 e. The van der Waals surface area contributed by atoms with Crippen LogP contribution in [-0.4, -0.2) is 38.7 Å². The van der Waals surface area contributed by atoms with Gasteiger partial charge in [-0.3, -0.25) is 19.3 Å². The van der Waals surface area contributed by atoms with E-state index < -0.39 is 0 Å². The van der Waals surface area contributed by atoms with Crippen LogP contribution in [0.4, 0.5) is 21.9 Å². The highest BCUT2D eigenvalue weighted by atomic mass is 16.2. The van der Waals surface area contributed by atoms with Crippen molar-refractivity contribution >= 4 is 40.0 Å². The number of hydrogen-bond donors (Lipinski definition) is 2. The number of pyridine rings is 1. The molecular weight excluding hydrogens is 442 g/mol. The Kier molecular flexibility index (Phi) is 5.16. The van der Waals surface area contributed by atoms with Crippen molar-refractivity contribution in [2.45, 2.75) is 46.7 Å². The molecule has 0 fully saturated rings. The summed E-state index contributed by atoms with van der Waals surface area (Å²) in [5.74, 6) is -0.294. The third-order valence-electron chi connectivity index (χ3n) is 6.33. The summed E-state index contributed by atoms with van der Waals surface area (Å²) in [6, 6.07) is 9.15. The number of urea groups is 1. The Hall–Kier alpha value is -4.14. The molecule has 35 heavy (non-hydrogen) atoms. The second-order valence-corrected chi connectivity index (χ2v) is 10.0. The van der Waals surface area contributed by atoms with Gasteiger partial charge in [-0.1, -0.05) is 6.07 Å². The number of carbonyl (C=O) groups excluding carboxylic acids is 2. The van der Waals surface area contributed by atoms with Gasteiger partial charge in [0.25, 0.3) is 5.91 Å². The smallest absolute Gasteiger partial charge is 0.329 e. The third-order valence-corrected chi connectivity index (χ3v) is 6.33. The summed E-state index contributed by atoms with van der Waals surface area (Å²) in [5.41, 5.74) is 5.87. The molecule has 0 spiro atoms. The SMILES string of the molecule is Cc1ccc(NC(=O)c2cc(C)n(C(C)(C)C)n2)cc1N1Cc2cnc3[nH]ccc3c2N(C)C1=O. The van der Waals surface area contributed by atoms with Crippen molar-refractivity contribution in [1.29, 1.82) is 0 Å². The van der Waals surface area contributed by atoms with Crippen LogP contribution in [-0.2, 0) is 12.1 Å². The van der Waals surface area contributed by atoms with E-state index in [0.717, 1.165) is 39.2 Å². The molecule has 2 N–H and O–H groups in total. The predicted octanol–water partition coefficient (Wildman–Crippen LogP) is 4.96. The molecule has 1 aliphatic heterocycles. The van der Waals surface area contributed by atoms with Gasteiger partial charge in [-0.15, -0.1) is 0 Å². The average Bonchev–Trinajstić information content (AvgIpc) is 3.43. The number of H-pyrrole nitrogens is 1. The highest BCUT2D eigenvalue weighted by molar-refractivity contribution is 6.11. The fraction of sp³-hybridized carbons (Fsp3) is 0.308. The van der Waals surface area contributed by atoms with Gasteiger partial charge in [0, 0.05) is 41.8 Å². The molecule has 9 nitrogen and oxygen atoms in total. The molecule has 3 aromatic heterocycles. The molecule has 5 rings (SSSR count).